The van der Waals surface area contributed by atoms with Crippen LogP contribution < -0.4 is 0 Å². The number of hydrogen-bond donors (Lipinski definition) is 0. The summed E-state index contributed by atoms with van der Waals surface area (Å²) in [6, 6.07) is 0. The van der Waals surface area contributed by atoms with Gasteiger partial charge in [0, 0.05) is 12.8 Å². The van der Waals surface area contributed by atoms with Crippen molar-refractivity contribution in [1.82, 2.24) is 0 Å². The third-order valence-corrected chi connectivity index (χ3v) is 1.75. The number of rotatable bonds is 7. The molecule has 0 saturated heterocycles. The fraction of sp³-hybridized carbons (Fsp3) is 0.800. The van der Waals surface area contributed by atoms with Crippen molar-refractivity contribution >= 4 is 11.9 Å². The molecule has 0 aromatic heterocycles. The molecule has 0 aromatic carbocycles. The summed E-state index contributed by atoms with van der Waals surface area (Å²) < 4.78 is 9.35. The largest absolute Gasteiger partial charge is 0.469 e. The van der Waals surface area contributed by atoms with Gasteiger partial charge in [0.25, 0.3) is 0 Å². The lowest BCUT2D eigenvalue weighted by Gasteiger charge is -2.02. The van der Waals surface area contributed by atoms with E-state index in [0.29, 0.717) is 19.4 Å². The highest BCUT2D eigenvalue weighted by Gasteiger charge is 2.05. The van der Waals surface area contributed by atoms with Gasteiger partial charge in [0.05, 0.1) is 13.7 Å². The number of esters is 2. The zero-order chi connectivity index (χ0) is 10.8. The molecule has 0 saturated carbocycles. The number of ether oxygens (including phenoxy) is 2. The van der Waals surface area contributed by atoms with Gasteiger partial charge in [-0.2, -0.15) is 0 Å². The second-order valence-electron chi connectivity index (χ2n) is 3.00. The minimum atomic E-state index is -0.286. The second kappa shape index (κ2) is 8.53. The molecule has 0 heterocycles. The maximum absolute atomic E-state index is 11.0. The van der Waals surface area contributed by atoms with Crippen molar-refractivity contribution in [2.45, 2.75) is 39.0 Å². The van der Waals surface area contributed by atoms with Crippen LogP contribution in [0.4, 0.5) is 0 Å². The molecule has 0 rings (SSSR count). The van der Waals surface area contributed by atoms with E-state index in [1.165, 1.54) is 7.11 Å². The van der Waals surface area contributed by atoms with Gasteiger partial charge in [0.1, 0.15) is 0 Å². The highest BCUT2D eigenvalue weighted by molar-refractivity contribution is 5.72. The summed E-state index contributed by atoms with van der Waals surface area (Å²) in [6.45, 7) is 2.51. The summed E-state index contributed by atoms with van der Waals surface area (Å²) in [7, 11) is 1.34. The molecule has 0 atom stereocenters. The van der Waals surface area contributed by atoms with Gasteiger partial charge in [0.15, 0.2) is 0 Å². The SMILES string of the molecule is CCCCOC(=O)CCCC(=O)OC. The molecule has 82 valence electrons. The predicted molar refractivity (Wildman–Crippen MR) is 51.7 cm³/mol. The van der Waals surface area contributed by atoms with Gasteiger partial charge in [-0.05, 0) is 12.8 Å². The maximum atomic E-state index is 11.0. The van der Waals surface area contributed by atoms with Crippen LogP contribution in [0, 0.1) is 0 Å². The molecule has 14 heavy (non-hydrogen) atoms. The molecule has 0 amide bonds. The molecule has 0 aliphatic carbocycles. The van der Waals surface area contributed by atoms with E-state index in [1.807, 2.05) is 6.92 Å². The van der Waals surface area contributed by atoms with Crippen LogP contribution in [0.5, 0.6) is 0 Å². The molecule has 0 N–H and O–H groups in total. The third kappa shape index (κ3) is 7.58. The van der Waals surface area contributed by atoms with Crippen molar-refractivity contribution in [1.29, 1.82) is 0 Å². The van der Waals surface area contributed by atoms with Crippen LogP contribution in [0.2, 0.25) is 0 Å². The Hall–Kier alpha value is -1.06. The monoisotopic (exact) mass is 202 g/mol. The third-order valence-electron chi connectivity index (χ3n) is 1.75. The predicted octanol–water partition coefficient (Wildman–Crippen LogP) is 1.67. The molecule has 0 fully saturated rings. The van der Waals surface area contributed by atoms with Crippen LogP contribution in [0.15, 0.2) is 0 Å². The molecule has 0 unspecified atom stereocenters. The molecular formula is C10H18O4. The van der Waals surface area contributed by atoms with Gasteiger partial charge in [-0.1, -0.05) is 13.3 Å². The zero-order valence-electron chi connectivity index (χ0n) is 8.88. The quantitative estimate of drug-likeness (QED) is 0.465. The number of unbranched alkanes of at least 4 members (excludes halogenated alkanes) is 1. The summed E-state index contributed by atoms with van der Waals surface area (Å²) in [5.74, 6) is -0.520. The average molecular weight is 202 g/mol. The Bertz CT molecular complexity index is 177. The van der Waals surface area contributed by atoms with Crippen molar-refractivity contribution in [3.63, 3.8) is 0 Å². The topological polar surface area (TPSA) is 52.6 Å². The number of carbonyl (C=O) groups excluding carboxylic acids is 2. The van der Waals surface area contributed by atoms with Gasteiger partial charge < -0.3 is 9.47 Å². The Labute approximate surface area is 84.6 Å². The highest BCUT2D eigenvalue weighted by atomic mass is 16.5. The van der Waals surface area contributed by atoms with Crippen molar-refractivity contribution in [3.8, 4) is 0 Å². The van der Waals surface area contributed by atoms with Crippen molar-refractivity contribution in [2.75, 3.05) is 13.7 Å². The zero-order valence-corrected chi connectivity index (χ0v) is 8.88. The van der Waals surface area contributed by atoms with Gasteiger partial charge >= 0.3 is 11.9 Å². The van der Waals surface area contributed by atoms with Crippen molar-refractivity contribution < 1.29 is 19.1 Å². The van der Waals surface area contributed by atoms with Crippen LogP contribution in [0.3, 0.4) is 0 Å². The minimum absolute atomic E-state index is 0.234. The standard InChI is InChI=1S/C10H18O4/c1-3-4-8-14-10(12)7-5-6-9(11)13-2/h3-8H2,1-2H3. The summed E-state index contributed by atoms with van der Waals surface area (Å²) in [5, 5.41) is 0. The first-order valence-electron chi connectivity index (χ1n) is 4.93. The van der Waals surface area contributed by atoms with E-state index in [0.717, 1.165) is 12.8 Å². The Morgan fingerprint density at radius 1 is 1.07 bits per heavy atom. The first kappa shape index (κ1) is 12.9. The Morgan fingerprint density at radius 3 is 2.29 bits per heavy atom. The lowest BCUT2D eigenvalue weighted by atomic mass is 10.2. The smallest absolute Gasteiger partial charge is 0.305 e. The Balaban J connectivity index is 3.31. The lowest BCUT2D eigenvalue weighted by molar-refractivity contribution is -0.144. The van der Waals surface area contributed by atoms with Crippen LogP contribution >= 0.6 is 0 Å². The molecule has 0 spiro atoms. The first-order valence-corrected chi connectivity index (χ1v) is 4.93. The normalized spacial score (nSPS) is 9.57. The highest BCUT2D eigenvalue weighted by Crippen LogP contribution is 2.00. The van der Waals surface area contributed by atoms with Crippen LogP contribution in [-0.2, 0) is 19.1 Å². The van der Waals surface area contributed by atoms with E-state index in [9.17, 15) is 9.59 Å². The average Bonchev–Trinajstić information content (AvgIpc) is 2.18. The molecule has 4 heteroatoms. The Morgan fingerprint density at radius 2 is 1.71 bits per heavy atom. The van der Waals surface area contributed by atoms with E-state index < -0.39 is 0 Å². The van der Waals surface area contributed by atoms with Crippen LogP contribution in [0.25, 0.3) is 0 Å². The van der Waals surface area contributed by atoms with Gasteiger partial charge in [0.2, 0.25) is 0 Å². The van der Waals surface area contributed by atoms with Crippen LogP contribution in [-0.4, -0.2) is 25.7 Å². The van der Waals surface area contributed by atoms with Crippen molar-refractivity contribution in [3.05, 3.63) is 0 Å². The second-order valence-corrected chi connectivity index (χ2v) is 3.00. The number of carbonyl (C=O) groups is 2. The fourth-order valence-corrected chi connectivity index (χ4v) is 0.882. The first-order chi connectivity index (χ1) is 6.70. The molecule has 0 radical (unpaired) electrons. The fourth-order valence-electron chi connectivity index (χ4n) is 0.882. The van der Waals surface area contributed by atoms with Gasteiger partial charge in [-0.3, -0.25) is 9.59 Å². The van der Waals surface area contributed by atoms with E-state index >= 15 is 0 Å². The molecule has 0 aromatic rings. The minimum Gasteiger partial charge on any atom is -0.469 e. The summed E-state index contributed by atoms with van der Waals surface area (Å²) in [5.41, 5.74) is 0. The Kier molecular flexibility index (Phi) is 7.89. The van der Waals surface area contributed by atoms with Crippen LogP contribution in [0.1, 0.15) is 39.0 Å². The van der Waals surface area contributed by atoms with Crippen molar-refractivity contribution in [2.24, 2.45) is 0 Å². The maximum Gasteiger partial charge on any atom is 0.305 e. The van der Waals surface area contributed by atoms with E-state index in [2.05, 4.69) is 4.74 Å². The summed E-state index contributed by atoms with van der Waals surface area (Å²) >= 11 is 0. The molecule has 0 aliphatic rings. The number of methoxy groups -OCH3 is 1. The summed E-state index contributed by atoms with van der Waals surface area (Å²) in [6.07, 6.45) is 2.97. The summed E-state index contributed by atoms with van der Waals surface area (Å²) in [4.78, 5) is 21.7. The van der Waals surface area contributed by atoms with E-state index in [-0.39, 0.29) is 18.4 Å². The molecule has 0 aliphatic heterocycles. The van der Waals surface area contributed by atoms with Gasteiger partial charge in [-0.25, -0.2) is 0 Å². The van der Waals surface area contributed by atoms with Gasteiger partial charge in [-0.15, -0.1) is 0 Å². The van der Waals surface area contributed by atoms with E-state index in [4.69, 9.17) is 4.74 Å². The number of hydrogen-bond acceptors (Lipinski definition) is 4. The molecule has 0 bridgehead atoms. The molecular weight excluding hydrogens is 184 g/mol. The lowest BCUT2D eigenvalue weighted by Crippen LogP contribution is -2.07. The molecule has 4 nitrogen and oxygen atoms in total. The van der Waals surface area contributed by atoms with E-state index in [1.54, 1.807) is 0 Å².